The van der Waals surface area contributed by atoms with Crippen molar-refractivity contribution in [1.82, 2.24) is 9.80 Å². The summed E-state index contributed by atoms with van der Waals surface area (Å²) in [6, 6.07) is 7.75. The lowest BCUT2D eigenvalue weighted by atomic mass is 10.1. The van der Waals surface area contributed by atoms with Crippen molar-refractivity contribution in [2.75, 3.05) is 27.2 Å². The Morgan fingerprint density at radius 2 is 2.06 bits per heavy atom. The van der Waals surface area contributed by atoms with E-state index in [9.17, 15) is 4.79 Å². The SMILES string of the molecule is CCN(C(=O)c1cccc(Br)c1)C(C)CN(C)C. The van der Waals surface area contributed by atoms with Crippen LogP contribution < -0.4 is 0 Å². The Labute approximate surface area is 118 Å². The molecule has 0 aliphatic rings. The highest BCUT2D eigenvalue weighted by Crippen LogP contribution is 2.15. The Bertz CT molecular complexity index is 407. The van der Waals surface area contributed by atoms with Crippen LogP contribution in [0.15, 0.2) is 28.7 Å². The van der Waals surface area contributed by atoms with E-state index < -0.39 is 0 Å². The molecule has 0 N–H and O–H groups in total. The minimum atomic E-state index is 0.0909. The van der Waals surface area contributed by atoms with Gasteiger partial charge in [0.05, 0.1) is 0 Å². The lowest BCUT2D eigenvalue weighted by molar-refractivity contribution is 0.0679. The van der Waals surface area contributed by atoms with Crippen LogP contribution in [-0.4, -0.2) is 48.9 Å². The third kappa shape index (κ3) is 4.10. The van der Waals surface area contributed by atoms with Gasteiger partial charge >= 0.3 is 0 Å². The summed E-state index contributed by atoms with van der Waals surface area (Å²) in [6.45, 7) is 5.69. The number of halogens is 1. The summed E-state index contributed by atoms with van der Waals surface area (Å²) in [7, 11) is 4.04. The number of rotatable bonds is 5. The molecule has 0 saturated carbocycles. The van der Waals surface area contributed by atoms with E-state index in [1.165, 1.54) is 0 Å². The molecule has 0 aliphatic carbocycles. The van der Waals surface area contributed by atoms with Crippen LogP contribution in [0, 0.1) is 0 Å². The highest BCUT2D eigenvalue weighted by atomic mass is 79.9. The molecule has 1 atom stereocenters. The first-order chi connectivity index (χ1) is 8.45. The van der Waals surface area contributed by atoms with Crippen LogP contribution in [0.4, 0.5) is 0 Å². The maximum atomic E-state index is 12.4. The second-order valence-corrected chi connectivity index (χ2v) is 5.63. The highest BCUT2D eigenvalue weighted by molar-refractivity contribution is 9.10. The largest absolute Gasteiger partial charge is 0.335 e. The number of hydrogen-bond acceptors (Lipinski definition) is 2. The quantitative estimate of drug-likeness (QED) is 0.834. The predicted molar refractivity (Wildman–Crippen MR) is 78.9 cm³/mol. The predicted octanol–water partition coefficient (Wildman–Crippen LogP) is 2.86. The lowest BCUT2D eigenvalue weighted by Gasteiger charge is -2.30. The Morgan fingerprint density at radius 3 is 2.56 bits per heavy atom. The van der Waals surface area contributed by atoms with E-state index in [0.29, 0.717) is 0 Å². The second-order valence-electron chi connectivity index (χ2n) is 4.71. The van der Waals surface area contributed by atoms with Gasteiger partial charge in [-0.25, -0.2) is 0 Å². The van der Waals surface area contributed by atoms with Gasteiger partial charge in [-0.3, -0.25) is 4.79 Å². The van der Waals surface area contributed by atoms with Gasteiger partial charge < -0.3 is 9.80 Å². The minimum absolute atomic E-state index is 0.0909. The van der Waals surface area contributed by atoms with Crippen molar-refractivity contribution < 1.29 is 4.79 Å². The first-order valence-corrected chi connectivity index (χ1v) is 6.96. The van der Waals surface area contributed by atoms with Gasteiger partial charge in [0.15, 0.2) is 0 Å². The molecule has 0 spiro atoms. The molecule has 100 valence electrons. The summed E-state index contributed by atoms with van der Waals surface area (Å²) in [6.07, 6.45) is 0. The van der Waals surface area contributed by atoms with E-state index in [-0.39, 0.29) is 11.9 Å². The van der Waals surface area contributed by atoms with Crippen LogP contribution in [0.1, 0.15) is 24.2 Å². The number of amides is 1. The summed E-state index contributed by atoms with van der Waals surface area (Å²) in [5.41, 5.74) is 0.733. The van der Waals surface area contributed by atoms with Crippen LogP contribution in [0.5, 0.6) is 0 Å². The minimum Gasteiger partial charge on any atom is -0.335 e. The van der Waals surface area contributed by atoms with Gasteiger partial charge in [0, 0.05) is 29.2 Å². The van der Waals surface area contributed by atoms with Crippen LogP contribution in [0.2, 0.25) is 0 Å². The van der Waals surface area contributed by atoms with E-state index in [2.05, 4.69) is 27.8 Å². The van der Waals surface area contributed by atoms with E-state index in [1.54, 1.807) is 0 Å². The monoisotopic (exact) mass is 312 g/mol. The molecular formula is C14H21BrN2O. The molecule has 1 aromatic rings. The average molecular weight is 313 g/mol. The molecule has 1 amide bonds. The maximum Gasteiger partial charge on any atom is 0.254 e. The molecule has 0 fully saturated rings. The van der Waals surface area contributed by atoms with Gasteiger partial charge in [0.2, 0.25) is 0 Å². The Morgan fingerprint density at radius 1 is 1.39 bits per heavy atom. The topological polar surface area (TPSA) is 23.6 Å². The zero-order chi connectivity index (χ0) is 13.7. The number of carbonyl (C=O) groups excluding carboxylic acids is 1. The Kier molecular flexibility index (Phi) is 5.82. The standard InChI is InChI=1S/C14H21BrN2O/c1-5-17(11(2)10-16(3)4)14(18)12-7-6-8-13(15)9-12/h6-9,11H,5,10H2,1-4H3. The molecule has 0 bridgehead atoms. The number of benzene rings is 1. The first-order valence-electron chi connectivity index (χ1n) is 6.17. The molecular weight excluding hydrogens is 292 g/mol. The molecule has 1 unspecified atom stereocenters. The number of carbonyl (C=O) groups is 1. The third-order valence-corrected chi connectivity index (χ3v) is 3.33. The van der Waals surface area contributed by atoms with Crippen LogP contribution in [0.25, 0.3) is 0 Å². The molecule has 1 rings (SSSR count). The smallest absolute Gasteiger partial charge is 0.254 e. The molecule has 0 heterocycles. The Balaban J connectivity index is 2.85. The van der Waals surface area contributed by atoms with Gasteiger partial charge in [0.1, 0.15) is 0 Å². The van der Waals surface area contributed by atoms with Gasteiger partial charge in [-0.15, -0.1) is 0 Å². The molecule has 0 aliphatic heterocycles. The van der Waals surface area contributed by atoms with Gasteiger partial charge in [-0.1, -0.05) is 22.0 Å². The molecule has 3 nitrogen and oxygen atoms in total. The first kappa shape index (κ1) is 15.2. The molecule has 1 aromatic carbocycles. The normalized spacial score (nSPS) is 12.6. The maximum absolute atomic E-state index is 12.4. The van der Waals surface area contributed by atoms with Crippen molar-refractivity contribution in [3.63, 3.8) is 0 Å². The molecule has 0 radical (unpaired) electrons. The fourth-order valence-corrected chi connectivity index (χ4v) is 2.47. The van der Waals surface area contributed by atoms with Crippen molar-refractivity contribution >= 4 is 21.8 Å². The van der Waals surface area contributed by atoms with Crippen molar-refractivity contribution in [2.45, 2.75) is 19.9 Å². The summed E-state index contributed by atoms with van der Waals surface area (Å²) < 4.78 is 0.935. The third-order valence-electron chi connectivity index (χ3n) is 2.83. The van der Waals surface area contributed by atoms with Gasteiger partial charge in [-0.2, -0.15) is 0 Å². The lowest BCUT2D eigenvalue weighted by Crippen LogP contribution is -2.43. The second kappa shape index (κ2) is 6.90. The van der Waals surface area contributed by atoms with Gasteiger partial charge in [-0.05, 0) is 46.1 Å². The van der Waals surface area contributed by atoms with Crippen molar-refractivity contribution in [3.05, 3.63) is 34.3 Å². The molecule has 0 saturated heterocycles. The number of likely N-dealkylation sites (N-methyl/N-ethyl adjacent to an activating group) is 2. The zero-order valence-corrected chi connectivity index (χ0v) is 13.1. The average Bonchev–Trinajstić information content (AvgIpc) is 2.28. The van der Waals surface area contributed by atoms with Crippen LogP contribution in [-0.2, 0) is 0 Å². The molecule has 0 aromatic heterocycles. The number of hydrogen-bond donors (Lipinski definition) is 0. The van der Waals surface area contributed by atoms with E-state index in [0.717, 1.165) is 23.1 Å². The molecule has 18 heavy (non-hydrogen) atoms. The van der Waals surface area contributed by atoms with Crippen LogP contribution >= 0.6 is 15.9 Å². The number of nitrogens with zero attached hydrogens (tertiary/aromatic N) is 2. The molecule has 4 heteroatoms. The van der Waals surface area contributed by atoms with Crippen LogP contribution in [0.3, 0.4) is 0 Å². The van der Waals surface area contributed by atoms with Crippen molar-refractivity contribution in [3.8, 4) is 0 Å². The summed E-state index contributed by atoms with van der Waals surface area (Å²) in [4.78, 5) is 16.4. The van der Waals surface area contributed by atoms with Crippen molar-refractivity contribution in [2.24, 2.45) is 0 Å². The zero-order valence-electron chi connectivity index (χ0n) is 11.5. The highest BCUT2D eigenvalue weighted by Gasteiger charge is 2.20. The van der Waals surface area contributed by atoms with E-state index in [4.69, 9.17) is 0 Å². The summed E-state index contributed by atoms with van der Waals surface area (Å²) in [5, 5.41) is 0. The van der Waals surface area contributed by atoms with E-state index in [1.807, 2.05) is 50.2 Å². The summed E-state index contributed by atoms with van der Waals surface area (Å²) >= 11 is 3.40. The Hall–Kier alpha value is -0.870. The van der Waals surface area contributed by atoms with Crippen molar-refractivity contribution in [1.29, 1.82) is 0 Å². The van der Waals surface area contributed by atoms with E-state index >= 15 is 0 Å². The summed E-state index contributed by atoms with van der Waals surface area (Å²) in [5.74, 6) is 0.0909. The fraction of sp³-hybridized carbons (Fsp3) is 0.500. The van der Waals surface area contributed by atoms with Gasteiger partial charge in [0.25, 0.3) is 5.91 Å². The fourth-order valence-electron chi connectivity index (χ4n) is 2.07.